The van der Waals surface area contributed by atoms with E-state index in [1.165, 1.54) is 5.56 Å². The van der Waals surface area contributed by atoms with Gasteiger partial charge in [0.25, 0.3) is 0 Å². The molecule has 2 aliphatic rings. The molecule has 1 amide bonds. The van der Waals surface area contributed by atoms with Crippen molar-refractivity contribution in [3.63, 3.8) is 0 Å². The number of likely N-dealkylation sites (tertiary alicyclic amines) is 2. The van der Waals surface area contributed by atoms with Crippen LogP contribution in [0.1, 0.15) is 5.56 Å². The van der Waals surface area contributed by atoms with Gasteiger partial charge in [-0.05, 0) is 17.7 Å². The maximum atomic E-state index is 12.4. The molecule has 0 aromatic heterocycles. The van der Waals surface area contributed by atoms with Crippen LogP contribution >= 0.6 is 0 Å². The molecular formula is C20H22N2O2. The molecule has 4 heteroatoms. The summed E-state index contributed by atoms with van der Waals surface area (Å²) in [5.74, 6) is 1.15. The average molecular weight is 322 g/mol. The topological polar surface area (TPSA) is 32.8 Å². The first-order chi connectivity index (χ1) is 11.8. The van der Waals surface area contributed by atoms with E-state index in [1.54, 1.807) is 0 Å². The first kappa shape index (κ1) is 15.2. The van der Waals surface area contributed by atoms with Gasteiger partial charge in [0.15, 0.2) is 0 Å². The van der Waals surface area contributed by atoms with E-state index in [9.17, 15) is 4.79 Å². The van der Waals surface area contributed by atoms with Crippen LogP contribution in [-0.2, 0) is 11.3 Å². The van der Waals surface area contributed by atoms with Crippen LogP contribution in [0.15, 0.2) is 60.7 Å². The normalized spacial score (nSPS) is 19.0. The van der Waals surface area contributed by atoms with Gasteiger partial charge in [-0.2, -0.15) is 0 Å². The van der Waals surface area contributed by atoms with Crippen LogP contribution in [0, 0.1) is 5.41 Å². The van der Waals surface area contributed by atoms with Gasteiger partial charge < -0.3 is 9.64 Å². The average Bonchev–Trinajstić information content (AvgIpc) is 2.60. The summed E-state index contributed by atoms with van der Waals surface area (Å²) < 4.78 is 5.68. The second-order valence-electron chi connectivity index (χ2n) is 6.80. The lowest BCUT2D eigenvalue weighted by atomic mass is 9.71. The molecule has 2 aliphatic heterocycles. The van der Waals surface area contributed by atoms with Crippen molar-refractivity contribution in [2.24, 2.45) is 5.41 Å². The summed E-state index contributed by atoms with van der Waals surface area (Å²) in [6, 6.07) is 20.2. The first-order valence-electron chi connectivity index (χ1n) is 8.49. The van der Waals surface area contributed by atoms with E-state index in [4.69, 9.17) is 4.74 Å². The summed E-state index contributed by atoms with van der Waals surface area (Å²) in [7, 11) is 0. The second-order valence-corrected chi connectivity index (χ2v) is 6.80. The smallest absolute Gasteiger partial charge is 0.233 e. The van der Waals surface area contributed by atoms with E-state index in [0.29, 0.717) is 19.1 Å². The van der Waals surface area contributed by atoms with Crippen LogP contribution in [0.5, 0.6) is 5.75 Å². The van der Waals surface area contributed by atoms with Gasteiger partial charge >= 0.3 is 0 Å². The summed E-state index contributed by atoms with van der Waals surface area (Å²) >= 11 is 0. The molecule has 4 nitrogen and oxygen atoms in total. The Morgan fingerprint density at radius 1 is 0.917 bits per heavy atom. The highest BCUT2D eigenvalue weighted by Crippen LogP contribution is 2.41. The zero-order valence-electron chi connectivity index (χ0n) is 13.7. The standard InChI is InChI=1S/C20H22N2O2/c23-19-20(14-21(15-20)13-17-7-3-1-4-8-17)16-22(19)11-12-24-18-9-5-2-6-10-18/h1-10H,11-16H2. The minimum atomic E-state index is -0.110. The molecule has 0 unspecified atom stereocenters. The highest BCUT2D eigenvalue weighted by Gasteiger charge is 2.58. The van der Waals surface area contributed by atoms with Crippen LogP contribution in [0.4, 0.5) is 0 Å². The maximum absolute atomic E-state index is 12.4. The third kappa shape index (κ3) is 2.89. The third-order valence-corrected chi connectivity index (χ3v) is 4.91. The van der Waals surface area contributed by atoms with E-state index in [-0.39, 0.29) is 5.41 Å². The largest absolute Gasteiger partial charge is 0.492 e. The fourth-order valence-electron chi connectivity index (χ4n) is 3.72. The molecule has 0 saturated carbocycles. The van der Waals surface area contributed by atoms with Crippen molar-refractivity contribution in [1.82, 2.24) is 9.80 Å². The lowest BCUT2D eigenvalue weighted by Gasteiger charge is -2.58. The first-order valence-corrected chi connectivity index (χ1v) is 8.49. The van der Waals surface area contributed by atoms with E-state index >= 15 is 0 Å². The Labute approximate surface area is 142 Å². The maximum Gasteiger partial charge on any atom is 0.233 e. The summed E-state index contributed by atoms with van der Waals surface area (Å²) in [5.41, 5.74) is 1.20. The van der Waals surface area contributed by atoms with Gasteiger partial charge in [-0.15, -0.1) is 0 Å². The molecule has 2 aromatic carbocycles. The molecule has 0 aliphatic carbocycles. The number of rotatable bonds is 6. The number of hydrogen-bond donors (Lipinski definition) is 0. The molecule has 0 N–H and O–H groups in total. The fourth-order valence-corrected chi connectivity index (χ4v) is 3.72. The summed E-state index contributed by atoms with van der Waals surface area (Å²) in [4.78, 5) is 16.7. The van der Waals surface area contributed by atoms with Crippen molar-refractivity contribution in [3.05, 3.63) is 66.2 Å². The summed E-state index contributed by atoms with van der Waals surface area (Å²) in [6.07, 6.45) is 0. The molecule has 124 valence electrons. The Morgan fingerprint density at radius 2 is 1.58 bits per heavy atom. The fraction of sp³-hybridized carbons (Fsp3) is 0.350. The van der Waals surface area contributed by atoms with Crippen LogP contribution in [-0.4, -0.2) is 48.5 Å². The number of para-hydroxylation sites is 1. The molecule has 2 fully saturated rings. The number of carbonyl (C=O) groups is 1. The molecule has 0 radical (unpaired) electrons. The van der Waals surface area contributed by atoms with Gasteiger partial charge in [0.2, 0.25) is 5.91 Å². The Kier molecular flexibility index (Phi) is 3.98. The predicted octanol–water partition coefficient (Wildman–Crippen LogP) is 2.41. The highest BCUT2D eigenvalue weighted by molar-refractivity contribution is 5.90. The third-order valence-electron chi connectivity index (χ3n) is 4.91. The lowest BCUT2D eigenvalue weighted by molar-refractivity contribution is -0.180. The highest BCUT2D eigenvalue weighted by atomic mass is 16.5. The SMILES string of the molecule is O=C1N(CCOc2ccccc2)CC12CN(Cc1ccccc1)C2. The number of β-lactam (4-membered cyclic amide) rings is 1. The Balaban J connectivity index is 1.20. The molecular weight excluding hydrogens is 300 g/mol. The lowest BCUT2D eigenvalue weighted by Crippen LogP contribution is -2.75. The molecule has 2 heterocycles. The van der Waals surface area contributed by atoms with Crippen molar-refractivity contribution in [1.29, 1.82) is 0 Å². The van der Waals surface area contributed by atoms with Crippen molar-refractivity contribution in [3.8, 4) is 5.75 Å². The Bertz CT molecular complexity index is 696. The quantitative estimate of drug-likeness (QED) is 0.766. The van der Waals surface area contributed by atoms with E-state index in [2.05, 4.69) is 29.2 Å². The van der Waals surface area contributed by atoms with Crippen LogP contribution in [0.25, 0.3) is 0 Å². The van der Waals surface area contributed by atoms with Gasteiger partial charge in [-0.1, -0.05) is 48.5 Å². The van der Waals surface area contributed by atoms with Gasteiger partial charge in [0, 0.05) is 26.2 Å². The van der Waals surface area contributed by atoms with Crippen molar-refractivity contribution < 1.29 is 9.53 Å². The summed E-state index contributed by atoms with van der Waals surface area (Å²) in [5, 5.41) is 0. The zero-order valence-corrected chi connectivity index (χ0v) is 13.7. The zero-order chi connectivity index (χ0) is 16.4. The minimum Gasteiger partial charge on any atom is -0.492 e. The van der Waals surface area contributed by atoms with E-state index in [1.807, 2.05) is 41.3 Å². The monoisotopic (exact) mass is 322 g/mol. The van der Waals surface area contributed by atoms with Gasteiger partial charge in [0.1, 0.15) is 12.4 Å². The molecule has 4 rings (SSSR count). The molecule has 24 heavy (non-hydrogen) atoms. The molecule has 0 bridgehead atoms. The Morgan fingerprint density at radius 3 is 2.25 bits per heavy atom. The minimum absolute atomic E-state index is 0.110. The number of amides is 1. The number of carbonyl (C=O) groups excluding carboxylic acids is 1. The Hall–Kier alpha value is -2.33. The van der Waals surface area contributed by atoms with Crippen molar-refractivity contribution in [2.45, 2.75) is 6.54 Å². The van der Waals surface area contributed by atoms with Gasteiger partial charge in [0.05, 0.1) is 12.0 Å². The van der Waals surface area contributed by atoms with Gasteiger partial charge in [-0.3, -0.25) is 9.69 Å². The molecule has 1 spiro atoms. The van der Waals surface area contributed by atoms with E-state index in [0.717, 1.165) is 31.9 Å². The van der Waals surface area contributed by atoms with Crippen molar-refractivity contribution in [2.75, 3.05) is 32.8 Å². The van der Waals surface area contributed by atoms with E-state index < -0.39 is 0 Å². The number of hydrogen-bond acceptors (Lipinski definition) is 3. The van der Waals surface area contributed by atoms with Gasteiger partial charge in [-0.25, -0.2) is 0 Å². The van der Waals surface area contributed by atoms with Crippen LogP contribution in [0.2, 0.25) is 0 Å². The number of ether oxygens (including phenoxy) is 1. The summed E-state index contributed by atoms with van der Waals surface area (Å²) in [6.45, 7) is 4.81. The van der Waals surface area contributed by atoms with Crippen molar-refractivity contribution >= 4 is 5.91 Å². The van der Waals surface area contributed by atoms with Crippen LogP contribution in [0.3, 0.4) is 0 Å². The van der Waals surface area contributed by atoms with Crippen LogP contribution < -0.4 is 4.74 Å². The molecule has 0 atom stereocenters. The number of nitrogens with zero attached hydrogens (tertiary/aromatic N) is 2. The predicted molar refractivity (Wildman–Crippen MR) is 92.7 cm³/mol. The second kappa shape index (κ2) is 6.29. The molecule has 2 saturated heterocycles. The molecule has 2 aromatic rings. The number of benzene rings is 2.